The van der Waals surface area contributed by atoms with E-state index < -0.39 is 22.0 Å². The highest BCUT2D eigenvalue weighted by atomic mass is 32.2. The van der Waals surface area contributed by atoms with Crippen LogP contribution in [0, 0.1) is 6.57 Å². The fourth-order valence-electron chi connectivity index (χ4n) is 2.42. The number of anilines is 1. The lowest BCUT2D eigenvalue weighted by Gasteiger charge is -2.08. The number of sulfonamides is 1. The number of hydrogen-bond donors (Lipinski definition) is 1. The number of carbonyl (C=O) groups excluding carboxylic acids is 1. The summed E-state index contributed by atoms with van der Waals surface area (Å²) in [7, 11) is -2.59. The van der Waals surface area contributed by atoms with Gasteiger partial charge in [-0.05, 0) is 35.4 Å². The number of hydrogen-bond acceptors (Lipinski definition) is 7. The number of amides is 1. The van der Waals surface area contributed by atoms with Crippen LogP contribution in [0.1, 0.15) is 0 Å². The number of nitrogens with two attached hydrogens (primary N) is 1. The fourth-order valence-corrected chi connectivity index (χ4v) is 2.95. The van der Waals surface area contributed by atoms with Gasteiger partial charge in [0.25, 0.3) is 5.91 Å². The van der Waals surface area contributed by atoms with Gasteiger partial charge in [-0.25, -0.2) is 13.6 Å². The van der Waals surface area contributed by atoms with Gasteiger partial charge < -0.3 is 9.58 Å². The van der Waals surface area contributed by atoms with Gasteiger partial charge in [-0.2, -0.15) is 10.2 Å². The number of nitrogens with zero attached hydrogens (tertiary/aromatic N) is 5. The van der Waals surface area contributed by atoms with Crippen molar-refractivity contribution in [2.24, 2.45) is 20.5 Å². The minimum atomic E-state index is -3.96. The molecule has 28 heavy (non-hydrogen) atoms. The number of para-hydroxylation sites is 1. The van der Waals surface area contributed by atoms with Crippen LogP contribution in [0.2, 0.25) is 0 Å². The zero-order valence-electron chi connectivity index (χ0n) is 14.6. The van der Waals surface area contributed by atoms with Crippen LogP contribution in [0.4, 0.5) is 11.4 Å². The van der Waals surface area contributed by atoms with Crippen molar-refractivity contribution in [3.05, 3.63) is 59.9 Å². The van der Waals surface area contributed by atoms with Crippen molar-refractivity contribution in [1.29, 1.82) is 0 Å². The summed E-state index contributed by atoms with van der Waals surface area (Å²) in [6, 6.07) is 11.1. The Labute approximate surface area is 160 Å². The highest BCUT2D eigenvalue weighted by Crippen LogP contribution is 2.31. The average Bonchev–Trinajstić information content (AvgIpc) is 3.01. The van der Waals surface area contributed by atoms with Gasteiger partial charge in [0, 0.05) is 0 Å². The second kappa shape index (κ2) is 7.55. The number of hydrazone groups is 1. The van der Waals surface area contributed by atoms with Gasteiger partial charge in [0.1, 0.15) is 11.4 Å². The van der Waals surface area contributed by atoms with E-state index in [-0.39, 0.29) is 22.2 Å². The molecule has 0 fully saturated rings. The molecular weight excluding hydrogens is 384 g/mol. The first-order valence-electron chi connectivity index (χ1n) is 7.82. The normalized spacial score (nSPS) is 16.9. The molecule has 11 heteroatoms. The van der Waals surface area contributed by atoms with Crippen molar-refractivity contribution in [3.8, 4) is 5.75 Å². The van der Waals surface area contributed by atoms with Crippen LogP contribution < -0.4 is 14.9 Å². The van der Waals surface area contributed by atoms with Crippen LogP contribution in [0.5, 0.6) is 5.75 Å². The number of amidine groups is 1. The highest BCUT2D eigenvalue weighted by molar-refractivity contribution is 7.89. The lowest BCUT2D eigenvalue weighted by atomic mass is 10.2. The summed E-state index contributed by atoms with van der Waals surface area (Å²) >= 11 is 0. The smallest absolute Gasteiger partial charge is 0.307 e. The van der Waals surface area contributed by atoms with Gasteiger partial charge in [-0.1, -0.05) is 24.8 Å². The molecule has 1 heterocycles. The van der Waals surface area contributed by atoms with Crippen LogP contribution in [0.15, 0.2) is 68.8 Å². The molecule has 0 aliphatic carbocycles. The van der Waals surface area contributed by atoms with E-state index in [0.717, 1.165) is 5.01 Å². The Morgan fingerprint density at radius 1 is 1.25 bits per heavy atom. The minimum Gasteiger partial charge on any atom is -0.494 e. The molecule has 0 aromatic heterocycles. The van der Waals surface area contributed by atoms with Crippen LogP contribution in [0.3, 0.4) is 0 Å². The van der Waals surface area contributed by atoms with E-state index in [9.17, 15) is 13.2 Å². The maximum atomic E-state index is 12.6. The van der Waals surface area contributed by atoms with Crippen molar-refractivity contribution in [2.45, 2.75) is 10.9 Å². The number of ether oxygens (including phenoxy) is 1. The van der Waals surface area contributed by atoms with Crippen LogP contribution in [-0.4, -0.2) is 33.3 Å². The minimum absolute atomic E-state index is 0.0457. The molecule has 0 radical (unpaired) electrons. The molecule has 1 amide bonds. The summed E-state index contributed by atoms with van der Waals surface area (Å²) in [6.45, 7) is 7.24. The predicted molar refractivity (Wildman–Crippen MR) is 101 cm³/mol. The van der Waals surface area contributed by atoms with Crippen LogP contribution in [0.25, 0.3) is 4.85 Å². The number of primary sulfonamides is 1. The third-order valence-electron chi connectivity index (χ3n) is 3.76. The van der Waals surface area contributed by atoms with Gasteiger partial charge in [-0.3, -0.25) is 4.79 Å². The zero-order valence-corrected chi connectivity index (χ0v) is 15.4. The summed E-state index contributed by atoms with van der Waals surface area (Å²) in [4.78, 5) is 15.7. The van der Waals surface area contributed by atoms with Gasteiger partial charge >= 0.3 is 5.84 Å². The van der Waals surface area contributed by atoms with Gasteiger partial charge in [0.2, 0.25) is 16.1 Å². The van der Waals surface area contributed by atoms with Crippen LogP contribution >= 0.6 is 0 Å². The molecule has 2 aromatic carbocycles. The number of benzene rings is 2. The Balaban J connectivity index is 1.95. The van der Waals surface area contributed by atoms with E-state index in [4.69, 9.17) is 16.4 Å². The Hall–Kier alpha value is -3.62. The van der Waals surface area contributed by atoms with E-state index in [1.54, 1.807) is 30.3 Å². The molecular formula is C17H14N6O4S. The van der Waals surface area contributed by atoms with E-state index >= 15 is 0 Å². The van der Waals surface area contributed by atoms with Gasteiger partial charge in [0.15, 0.2) is 0 Å². The third-order valence-corrected chi connectivity index (χ3v) is 4.68. The first kappa shape index (κ1) is 19.2. The summed E-state index contributed by atoms with van der Waals surface area (Å²) in [5, 5.41) is 18.0. The second-order valence-corrected chi connectivity index (χ2v) is 7.11. The molecule has 142 valence electrons. The number of carbonyl (C=O) groups is 1. The number of methoxy groups -OCH3 is 1. The Morgan fingerprint density at radius 2 is 1.96 bits per heavy atom. The second-order valence-electron chi connectivity index (χ2n) is 5.55. The zero-order chi connectivity index (χ0) is 20.3. The number of rotatable bonds is 5. The molecule has 1 aliphatic rings. The fraction of sp³-hybridized carbons (Fsp3) is 0.118. The molecule has 0 bridgehead atoms. The third kappa shape index (κ3) is 3.73. The van der Waals surface area contributed by atoms with Crippen molar-refractivity contribution in [2.75, 3.05) is 12.1 Å². The first-order chi connectivity index (χ1) is 13.3. The topological polar surface area (TPSA) is 131 Å². The van der Waals surface area contributed by atoms with E-state index in [0.29, 0.717) is 5.69 Å². The number of azo groups is 1. The quantitative estimate of drug-likeness (QED) is 0.610. The van der Waals surface area contributed by atoms with E-state index in [1.807, 2.05) is 0 Å². The summed E-state index contributed by atoms with van der Waals surface area (Å²) in [5.41, 5.74) is 0.532. The first-order valence-corrected chi connectivity index (χ1v) is 9.36. The molecule has 0 saturated carbocycles. The Bertz CT molecular complexity index is 1120. The van der Waals surface area contributed by atoms with E-state index in [2.05, 4.69) is 20.2 Å². The molecule has 2 N–H and O–H groups in total. The van der Waals surface area contributed by atoms with Crippen molar-refractivity contribution in [1.82, 2.24) is 0 Å². The Morgan fingerprint density at radius 3 is 2.57 bits per heavy atom. The SMILES string of the molecule is [C-]#[N+]C1=NN(c2ccccc2)C(=O)C1N=Nc1cc(S(N)(=O)=O)ccc1OC. The lowest BCUT2D eigenvalue weighted by molar-refractivity contribution is -0.117. The largest absolute Gasteiger partial charge is 0.494 e. The monoisotopic (exact) mass is 398 g/mol. The summed E-state index contributed by atoms with van der Waals surface area (Å²) < 4.78 is 28.2. The molecule has 2 aromatic rings. The van der Waals surface area contributed by atoms with E-state index in [1.165, 1.54) is 25.3 Å². The molecule has 10 nitrogen and oxygen atoms in total. The molecule has 1 aliphatic heterocycles. The molecule has 1 unspecified atom stereocenters. The lowest BCUT2D eigenvalue weighted by Crippen LogP contribution is -2.29. The molecule has 3 rings (SSSR count). The standard InChI is InChI=1S/C17H14N6O4S/c1-19-16-15(17(24)23(22-16)11-6-4-3-5-7-11)21-20-13-10-12(28(18,25)26)8-9-14(13)27-2/h3-10,15H,2H3,(H2,18,25,26). The summed E-state index contributed by atoms with van der Waals surface area (Å²) in [6.07, 6.45) is 0. The molecule has 0 saturated heterocycles. The molecule has 0 spiro atoms. The Kier molecular flexibility index (Phi) is 5.16. The predicted octanol–water partition coefficient (Wildman–Crippen LogP) is 2.07. The van der Waals surface area contributed by atoms with Crippen molar-refractivity contribution < 1.29 is 17.9 Å². The maximum Gasteiger partial charge on any atom is 0.307 e. The maximum absolute atomic E-state index is 12.6. The van der Waals surface area contributed by atoms with Crippen molar-refractivity contribution in [3.63, 3.8) is 0 Å². The van der Waals surface area contributed by atoms with Crippen LogP contribution in [-0.2, 0) is 14.8 Å². The van der Waals surface area contributed by atoms with Gasteiger partial charge in [0.05, 0.1) is 17.7 Å². The highest BCUT2D eigenvalue weighted by Gasteiger charge is 2.40. The van der Waals surface area contributed by atoms with Gasteiger partial charge in [-0.15, -0.1) is 5.01 Å². The molecule has 1 atom stereocenters. The average molecular weight is 398 g/mol. The van der Waals surface area contributed by atoms with Crippen molar-refractivity contribution >= 4 is 33.1 Å². The summed E-state index contributed by atoms with van der Waals surface area (Å²) in [5.74, 6) is -0.482.